The van der Waals surface area contributed by atoms with Gasteiger partial charge in [-0.1, -0.05) is 0 Å². The van der Waals surface area contributed by atoms with Crippen molar-refractivity contribution in [2.75, 3.05) is 12.5 Å². The summed E-state index contributed by atoms with van der Waals surface area (Å²) in [4.78, 5) is 7.31. The van der Waals surface area contributed by atoms with Crippen molar-refractivity contribution >= 4 is 30.7 Å². The minimum absolute atomic E-state index is 0.164. The van der Waals surface area contributed by atoms with Crippen LogP contribution >= 0.6 is 0 Å². The standard InChI is InChI=1S/C12H16N2O4S2/c1-12(2,20(4,17)18)11-13-9-6-5-8(19(3,15)16)7-10(9)14-11/h5-7H,1-4H3,(H,13,14). The number of nitrogens with zero attached hydrogens (tertiary/aromatic N) is 1. The van der Waals surface area contributed by atoms with Crippen LogP contribution in [0.25, 0.3) is 11.0 Å². The fourth-order valence-electron chi connectivity index (χ4n) is 1.68. The van der Waals surface area contributed by atoms with Crippen LogP contribution < -0.4 is 0 Å². The van der Waals surface area contributed by atoms with Gasteiger partial charge < -0.3 is 4.98 Å². The molecule has 0 saturated heterocycles. The molecule has 0 aliphatic heterocycles. The summed E-state index contributed by atoms with van der Waals surface area (Å²) < 4.78 is 45.5. The Hall–Kier alpha value is -1.41. The van der Waals surface area contributed by atoms with Crippen molar-refractivity contribution in [3.63, 3.8) is 0 Å². The van der Waals surface area contributed by atoms with Crippen molar-refractivity contribution in [2.45, 2.75) is 23.5 Å². The van der Waals surface area contributed by atoms with Gasteiger partial charge in [0.15, 0.2) is 19.7 Å². The Labute approximate surface area is 118 Å². The van der Waals surface area contributed by atoms with Gasteiger partial charge in [0.05, 0.1) is 15.9 Å². The van der Waals surface area contributed by atoms with Gasteiger partial charge in [-0.15, -0.1) is 0 Å². The molecule has 1 heterocycles. The Morgan fingerprint density at radius 3 is 2.20 bits per heavy atom. The van der Waals surface area contributed by atoms with Crippen LogP contribution in [0.5, 0.6) is 0 Å². The third kappa shape index (κ3) is 2.45. The van der Waals surface area contributed by atoms with Crippen LogP contribution in [0, 0.1) is 0 Å². The zero-order valence-electron chi connectivity index (χ0n) is 11.6. The van der Waals surface area contributed by atoms with Crippen molar-refractivity contribution in [3.8, 4) is 0 Å². The highest BCUT2D eigenvalue weighted by Gasteiger charge is 2.35. The van der Waals surface area contributed by atoms with E-state index >= 15 is 0 Å². The molecule has 2 aromatic rings. The minimum Gasteiger partial charge on any atom is -0.341 e. The fourth-order valence-corrected chi connectivity index (χ4v) is 2.78. The van der Waals surface area contributed by atoms with Gasteiger partial charge in [-0.2, -0.15) is 0 Å². The molecule has 110 valence electrons. The molecule has 0 bridgehead atoms. The molecule has 0 aliphatic carbocycles. The summed E-state index contributed by atoms with van der Waals surface area (Å²) in [6.07, 6.45) is 2.26. The lowest BCUT2D eigenvalue weighted by molar-refractivity contribution is 0.552. The molecule has 0 aliphatic rings. The second kappa shape index (κ2) is 4.29. The van der Waals surface area contributed by atoms with Crippen molar-refractivity contribution in [1.82, 2.24) is 9.97 Å². The lowest BCUT2D eigenvalue weighted by Gasteiger charge is -2.19. The first-order valence-corrected chi connectivity index (χ1v) is 9.61. The van der Waals surface area contributed by atoms with E-state index in [4.69, 9.17) is 0 Å². The third-order valence-corrected chi connectivity index (χ3v) is 6.54. The largest absolute Gasteiger partial charge is 0.341 e. The summed E-state index contributed by atoms with van der Waals surface area (Å²) in [5.74, 6) is 0.292. The van der Waals surface area contributed by atoms with E-state index in [1.165, 1.54) is 12.1 Å². The maximum absolute atomic E-state index is 11.8. The predicted octanol–water partition coefficient (Wildman–Crippen LogP) is 1.25. The van der Waals surface area contributed by atoms with Crippen LogP contribution in [0.1, 0.15) is 19.7 Å². The van der Waals surface area contributed by atoms with E-state index in [1.807, 2.05) is 0 Å². The molecule has 0 atom stereocenters. The number of sulfone groups is 2. The van der Waals surface area contributed by atoms with Gasteiger partial charge in [0.1, 0.15) is 10.6 Å². The third-order valence-electron chi connectivity index (χ3n) is 3.38. The highest BCUT2D eigenvalue weighted by atomic mass is 32.2. The summed E-state index contributed by atoms with van der Waals surface area (Å²) in [5, 5.41) is 0. The molecular formula is C12H16N2O4S2. The highest BCUT2D eigenvalue weighted by Crippen LogP contribution is 2.29. The Kier molecular flexibility index (Phi) is 3.22. The second-order valence-electron chi connectivity index (χ2n) is 5.32. The van der Waals surface area contributed by atoms with E-state index in [2.05, 4.69) is 9.97 Å². The molecule has 0 spiro atoms. The molecule has 0 fully saturated rings. The predicted molar refractivity (Wildman–Crippen MR) is 77.1 cm³/mol. The van der Waals surface area contributed by atoms with E-state index in [-0.39, 0.29) is 4.90 Å². The van der Waals surface area contributed by atoms with Crippen molar-refractivity contribution in [1.29, 1.82) is 0 Å². The Balaban J connectivity index is 2.67. The maximum atomic E-state index is 11.8. The zero-order valence-corrected chi connectivity index (χ0v) is 13.3. The summed E-state index contributed by atoms with van der Waals surface area (Å²) in [5.41, 5.74) is 1.03. The minimum atomic E-state index is -3.35. The molecule has 1 N–H and O–H groups in total. The number of H-pyrrole nitrogens is 1. The molecule has 0 saturated carbocycles. The number of hydrogen-bond acceptors (Lipinski definition) is 5. The highest BCUT2D eigenvalue weighted by molar-refractivity contribution is 7.91. The lowest BCUT2D eigenvalue weighted by Crippen LogP contribution is -2.29. The van der Waals surface area contributed by atoms with E-state index < -0.39 is 24.4 Å². The molecule has 1 aromatic heterocycles. The summed E-state index contributed by atoms with van der Waals surface area (Å²) in [7, 11) is -6.67. The van der Waals surface area contributed by atoms with E-state index in [1.54, 1.807) is 19.9 Å². The monoisotopic (exact) mass is 316 g/mol. The molecule has 2 rings (SSSR count). The van der Waals surface area contributed by atoms with Crippen LogP contribution in [0.3, 0.4) is 0 Å². The SMILES string of the molecule is CC(C)(c1nc2ccc(S(C)(=O)=O)cc2[nH]1)S(C)(=O)=O. The fraction of sp³-hybridized carbons (Fsp3) is 0.417. The first kappa shape index (κ1) is 15.0. The second-order valence-corrected chi connectivity index (χ2v) is 9.90. The lowest BCUT2D eigenvalue weighted by atomic mass is 10.2. The number of hydrogen-bond donors (Lipinski definition) is 1. The molecule has 1 aromatic carbocycles. The number of rotatable bonds is 3. The van der Waals surface area contributed by atoms with Crippen LogP contribution in [0.15, 0.2) is 23.1 Å². The van der Waals surface area contributed by atoms with Crippen LogP contribution in [0.2, 0.25) is 0 Å². The molecule has 6 nitrogen and oxygen atoms in total. The van der Waals surface area contributed by atoms with Gasteiger partial charge in [0.2, 0.25) is 0 Å². The van der Waals surface area contributed by atoms with Gasteiger partial charge >= 0.3 is 0 Å². The molecule has 0 unspecified atom stereocenters. The zero-order chi connectivity index (χ0) is 15.3. The topological polar surface area (TPSA) is 97.0 Å². The van der Waals surface area contributed by atoms with Crippen LogP contribution in [-0.4, -0.2) is 39.3 Å². The van der Waals surface area contributed by atoms with Gasteiger partial charge in [-0.25, -0.2) is 21.8 Å². The molecule has 20 heavy (non-hydrogen) atoms. The normalized spacial score (nSPS) is 13.8. The van der Waals surface area contributed by atoms with E-state index in [0.29, 0.717) is 16.9 Å². The van der Waals surface area contributed by atoms with Crippen molar-refractivity contribution < 1.29 is 16.8 Å². The average Bonchev–Trinajstić information content (AvgIpc) is 2.68. The number of nitrogens with one attached hydrogen (secondary N) is 1. The van der Waals surface area contributed by atoms with Gasteiger partial charge in [-0.05, 0) is 32.0 Å². The van der Waals surface area contributed by atoms with Gasteiger partial charge in [0.25, 0.3) is 0 Å². The number of benzene rings is 1. The Morgan fingerprint density at radius 2 is 1.70 bits per heavy atom. The number of imidazole rings is 1. The smallest absolute Gasteiger partial charge is 0.175 e. The summed E-state index contributed by atoms with van der Waals surface area (Å²) in [6.45, 7) is 3.11. The Morgan fingerprint density at radius 1 is 1.10 bits per heavy atom. The molecule has 0 amide bonds. The molecule has 0 radical (unpaired) electrons. The summed E-state index contributed by atoms with van der Waals surface area (Å²) >= 11 is 0. The van der Waals surface area contributed by atoms with Crippen molar-refractivity contribution in [3.05, 3.63) is 24.0 Å². The number of aromatic nitrogens is 2. The van der Waals surface area contributed by atoms with Crippen LogP contribution in [-0.2, 0) is 24.4 Å². The van der Waals surface area contributed by atoms with Gasteiger partial charge in [0, 0.05) is 12.5 Å². The first-order chi connectivity index (χ1) is 8.93. The first-order valence-electron chi connectivity index (χ1n) is 5.83. The average molecular weight is 316 g/mol. The molecule has 8 heteroatoms. The van der Waals surface area contributed by atoms with Gasteiger partial charge in [-0.3, -0.25) is 0 Å². The Bertz CT molecular complexity index is 877. The van der Waals surface area contributed by atoms with E-state index in [0.717, 1.165) is 12.5 Å². The van der Waals surface area contributed by atoms with Crippen LogP contribution in [0.4, 0.5) is 0 Å². The summed E-state index contributed by atoms with van der Waals surface area (Å²) in [6, 6.07) is 4.47. The van der Waals surface area contributed by atoms with E-state index in [9.17, 15) is 16.8 Å². The maximum Gasteiger partial charge on any atom is 0.175 e. The van der Waals surface area contributed by atoms with Crippen molar-refractivity contribution in [2.24, 2.45) is 0 Å². The molecular weight excluding hydrogens is 300 g/mol. The number of aromatic amines is 1. The quantitative estimate of drug-likeness (QED) is 0.919. The number of fused-ring (bicyclic) bond motifs is 1.